The van der Waals surface area contributed by atoms with E-state index >= 15 is 0 Å². The zero-order valence-electron chi connectivity index (χ0n) is 15.8. The van der Waals surface area contributed by atoms with E-state index in [9.17, 15) is 9.18 Å². The number of carbonyl (C=O) groups excluding carboxylic acids is 1. The van der Waals surface area contributed by atoms with Crippen LogP contribution in [0.3, 0.4) is 0 Å². The lowest BCUT2D eigenvalue weighted by molar-refractivity contribution is 0.0657. The van der Waals surface area contributed by atoms with Crippen molar-refractivity contribution in [3.05, 3.63) is 60.2 Å². The van der Waals surface area contributed by atoms with E-state index < -0.39 is 5.82 Å². The second-order valence-corrected chi connectivity index (χ2v) is 7.92. The van der Waals surface area contributed by atoms with Gasteiger partial charge < -0.3 is 5.32 Å². The first-order valence-corrected chi connectivity index (χ1v) is 9.38. The molecule has 1 aliphatic carbocycles. The maximum atomic E-state index is 14.2. The fraction of sp³-hybridized carbons (Fsp3) is 0.429. The van der Waals surface area contributed by atoms with Crippen LogP contribution in [0, 0.1) is 5.82 Å². The first kappa shape index (κ1) is 17.9. The summed E-state index contributed by atoms with van der Waals surface area (Å²) in [5, 5.41) is 3.15. The van der Waals surface area contributed by atoms with E-state index in [4.69, 9.17) is 0 Å². The number of urea groups is 1. The van der Waals surface area contributed by atoms with Gasteiger partial charge in [-0.05, 0) is 51.4 Å². The van der Waals surface area contributed by atoms with Gasteiger partial charge in [-0.1, -0.05) is 30.3 Å². The second-order valence-electron chi connectivity index (χ2n) is 7.92. The molecule has 2 amide bonds. The monoisotopic (exact) mass is 368 g/mol. The molecule has 0 radical (unpaired) electrons. The van der Waals surface area contributed by atoms with E-state index in [0.717, 1.165) is 25.7 Å². The van der Waals surface area contributed by atoms with E-state index in [-0.39, 0.29) is 22.8 Å². The van der Waals surface area contributed by atoms with Crippen LogP contribution in [0.25, 0.3) is 0 Å². The maximum absolute atomic E-state index is 14.2. The van der Waals surface area contributed by atoms with Crippen molar-refractivity contribution in [1.29, 1.82) is 0 Å². The highest BCUT2D eigenvalue weighted by Gasteiger charge is 2.50. The lowest BCUT2D eigenvalue weighted by Crippen LogP contribution is -2.54. The molecule has 0 unspecified atom stereocenters. The van der Waals surface area contributed by atoms with E-state index in [1.165, 1.54) is 28.9 Å². The third-order valence-electron chi connectivity index (χ3n) is 6.32. The van der Waals surface area contributed by atoms with Crippen molar-refractivity contribution in [2.75, 3.05) is 25.5 Å². The molecule has 2 heterocycles. The van der Waals surface area contributed by atoms with Crippen molar-refractivity contribution in [2.45, 2.75) is 36.8 Å². The van der Waals surface area contributed by atoms with Gasteiger partial charge in [0.1, 0.15) is 5.82 Å². The smallest absolute Gasteiger partial charge is 0.322 e. The third kappa shape index (κ3) is 2.98. The van der Waals surface area contributed by atoms with Gasteiger partial charge >= 0.3 is 6.03 Å². The Bertz CT molecular complexity index is 831. The normalized spacial score (nSPS) is 28.0. The number of aromatic nitrogens is 1. The summed E-state index contributed by atoms with van der Waals surface area (Å²) in [6.07, 6.45) is 6.40. The summed E-state index contributed by atoms with van der Waals surface area (Å²) < 4.78 is 14.2. The maximum Gasteiger partial charge on any atom is 0.322 e. The molecule has 27 heavy (non-hydrogen) atoms. The van der Waals surface area contributed by atoms with E-state index in [1.54, 1.807) is 0 Å². The lowest BCUT2D eigenvalue weighted by atomic mass is 9.69. The molecular formula is C21H25FN4O. The van der Waals surface area contributed by atoms with Crippen LogP contribution >= 0.6 is 0 Å². The highest BCUT2D eigenvalue weighted by atomic mass is 19.1. The minimum atomic E-state index is -0.417. The van der Waals surface area contributed by atoms with Crippen LogP contribution in [0.4, 0.5) is 14.9 Å². The molecule has 2 aliphatic rings. The lowest BCUT2D eigenvalue weighted by Gasteiger charge is -2.48. The number of pyridine rings is 1. The zero-order valence-corrected chi connectivity index (χ0v) is 15.8. The van der Waals surface area contributed by atoms with Gasteiger partial charge in [0, 0.05) is 11.7 Å². The summed E-state index contributed by atoms with van der Waals surface area (Å²) in [6.45, 7) is 0.479. The largest absolute Gasteiger partial charge is 0.330 e. The molecule has 2 aromatic rings. The Kier molecular flexibility index (Phi) is 4.38. The van der Waals surface area contributed by atoms with Gasteiger partial charge in [0.2, 0.25) is 0 Å². The predicted molar refractivity (Wildman–Crippen MR) is 103 cm³/mol. The highest BCUT2D eigenvalue weighted by molar-refractivity contribution is 5.95. The first-order chi connectivity index (χ1) is 13.0. The number of hydrogen-bond acceptors (Lipinski definition) is 3. The molecule has 1 spiro atoms. The van der Waals surface area contributed by atoms with E-state index in [0.29, 0.717) is 6.54 Å². The van der Waals surface area contributed by atoms with Crippen LogP contribution in [-0.4, -0.2) is 42.1 Å². The van der Waals surface area contributed by atoms with Crippen LogP contribution in [0.2, 0.25) is 0 Å². The van der Waals surface area contributed by atoms with Crippen LogP contribution in [0.1, 0.15) is 31.2 Å². The number of benzene rings is 1. The Morgan fingerprint density at radius 2 is 1.81 bits per heavy atom. The van der Waals surface area contributed by atoms with Crippen molar-refractivity contribution in [1.82, 2.24) is 15.2 Å². The summed E-state index contributed by atoms with van der Waals surface area (Å²) >= 11 is 0. The summed E-state index contributed by atoms with van der Waals surface area (Å²) in [4.78, 5) is 20.3. The Labute approximate surface area is 159 Å². The quantitative estimate of drug-likeness (QED) is 0.902. The Hall–Kier alpha value is -2.47. The molecule has 1 aromatic carbocycles. The Morgan fingerprint density at radius 1 is 1.11 bits per heavy atom. The molecule has 1 saturated heterocycles. The van der Waals surface area contributed by atoms with Crippen LogP contribution < -0.4 is 10.2 Å². The number of nitrogens with zero attached hydrogens (tertiary/aromatic N) is 3. The number of halogens is 1. The molecule has 4 rings (SSSR count). The molecule has 1 saturated carbocycles. The summed E-state index contributed by atoms with van der Waals surface area (Å²) in [6, 6.07) is 11.6. The second kappa shape index (κ2) is 6.60. The average molecular weight is 368 g/mol. The molecule has 1 N–H and O–H groups in total. The molecule has 1 aromatic heterocycles. The number of carbonyl (C=O) groups is 1. The van der Waals surface area contributed by atoms with Crippen molar-refractivity contribution in [2.24, 2.45) is 0 Å². The number of hydrogen-bond donors (Lipinski definition) is 1. The molecule has 2 fully saturated rings. The minimum Gasteiger partial charge on any atom is -0.330 e. The molecule has 5 nitrogen and oxygen atoms in total. The molecule has 6 heteroatoms. The van der Waals surface area contributed by atoms with Crippen LogP contribution in [0.15, 0.2) is 48.8 Å². The van der Waals surface area contributed by atoms with Crippen LogP contribution in [0.5, 0.6) is 0 Å². The number of rotatable bonds is 3. The highest BCUT2D eigenvalue weighted by Crippen LogP contribution is 2.46. The van der Waals surface area contributed by atoms with Crippen molar-refractivity contribution < 1.29 is 9.18 Å². The molecule has 0 bridgehead atoms. The zero-order chi connectivity index (χ0) is 19.1. The third-order valence-corrected chi connectivity index (χ3v) is 6.32. The minimum absolute atomic E-state index is 0.0375. The summed E-state index contributed by atoms with van der Waals surface area (Å²) in [5.74, 6) is -0.417. The molecule has 0 atom stereocenters. The van der Waals surface area contributed by atoms with Gasteiger partial charge in [0.15, 0.2) is 0 Å². The molecule has 142 valence electrons. The van der Waals surface area contributed by atoms with Gasteiger partial charge in [0.05, 0.1) is 24.0 Å². The fourth-order valence-corrected chi connectivity index (χ4v) is 4.64. The number of anilines is 1. The summed E-state index contributed by atoms with van der Waals surface area (Å²) in [5.41, 5.74) is 1.21. The van der Waals surface area contributed by atoms with Crippen molar-refractivity contribution in [3.63, 3.8) is 0 Å². The molecule has 1 aliphatic heterocycles. The number of nitrogens with one attached hydrogen (secondary N) is 1. The first-order valence-electron chi connectivity index (χ1n) is 9.38. The predicted octanol–water partition coefficient (Wildman–Crippen LogP) is 3.52. The van der Waals surface area contributed by atoms with Gasteiger partial charge in [-0.25, -0.2) is 9.18 Å². The van der Waals surface area contributed by atoms with Crippen molar-refractivity contribution in [3.8, 4) is 0 Å². The fourth-order valence-electron chi connectivity index (χ4n) is 4.64. The topological polar surface area (TPSA) is 48.5 Å². The Balaban J connectivity index is 1.57. The standard InChI is InChI=1S/C21H25FN4O/c1-25(2)21(16-6-4-3-5-7-16)11-9-20(10-12-21)15-26(19(27)24-20)18-14-23-13-8-17(18)22/h3-8,13-14H,9-12,15H2,1-2H3,(H,24,27). The SMILES string of the molecule is CN(C)C1(c2ccccc2)CCC2(CC1)CN(c1cnccc1F)C(=O)N2. The van der Waals surface area contributed by atoms with Gasteiger partial charge in [-0.15, -0.1) is 0 Å². The van der Waals surface area contributed by atoms with E-state index in [2.05, 4.69) is 53.6 Å². The van der Waals surface area contributed by atoms with Gasteiger partial charge in [-0.3, -0.25) is 14.8 Å². The van der Waals surface area contributed by atoms with Gasteiger partial charge in [0.25, 0.3) is 0 Å². The van der Waals surface area contributed by atoms with Gasteiger partial charge in [-0.2, -0.15) is 0 Å². The Morgan fingerprint density at radius 3 is 2.44 bits per heavy atom. The van der Waals surface area contributed by atoms with E-state index in [1.807, 2.05) is 6.07 Å². The molecular weight excluding hydrogens is 343 g/mol. The number of amides is 2. The average Bonchev–Trinajstić information content (AvgIpc) is 2.99. The van der Waals surface area contributed by atoms with Crippen molar-refractivity contribution >= 4 is 11.7 Å². The van der Waals surface area contributed by atoms with Crippen LogP contribution in [-0.2, 0) is 5.54 Å². The summed E-state index contributed by atoms with van der Waals surface area (Å²) in [7, 11) is 4.24.